The summed E-state index contributed by atoms with van der Waals surface area (Å²) >= 11 is 0. The van der Waals surface area contributed by atoms with Gasteiger partial charge in [0, 0.05) is 20.2 Å². The SMILES string of the molecule is COCCS(=O)(=O)CC1CNC1. The number of rotatable bonds is 5. The Hall–Kier alpha value is -0.130. The lowest BCUT2D eigenvalue weighted by Gasteiger charge is -2.26. The molecule has 1 saturated heterocycles. The maximum absolute atomic E-state index is 11.3. The molecule has 0 spiro atoms. The van der Waals surface area contributed by atoms with Crippen molar-refractivity contribution in [3.8, 4) is 0 Å². The molecule has 1 aliphatic heterocycles. The van der Waals surface area contributed by atoms with Gasteiger partial charge in [-0.2, -0.15) is 0 Å². The number of methoxy groups -OCH3 is 1. The number of ether oxygens (including phenoxy) is 1. The molecule has 0 bridgehead atoms. The van der Waals surface area contributed by atoms with Crippen LogP contribution in [0.1, 0.15) is 0 Å². The summed E-state index contributed by atoms with van der Waals surface area (Å²) < 4.78 is 27.3. The van der Waals surface area contributed by atoms with E-state index in [4.69, 9.17) is 4.74 Å². The van der Waals surface area contributed by atoms with Crippen LogP contribution in [0.4, 0.5) is 0 Å². The van der Waals surface area contributed by atoms with E-state index in [9.17, 15) is 8.42 Å². The van der Waals surface area contributed by atoms with Gasteiger partial charge in [0.2, 0.25) is 0 Å². The normalized spacial score (nSPS) is 19.1. The third-order valence-electron chi connectivity index (χ3n) is 1.95. The predicted molar refractivity (Wildman–Crippen MR) is 46.9 cm³/mol. The third kappa shape index (κ3) is 3.08. The van der Waals surface area contributed by atoms with Gasteiger partial charge < -0.3 is 10.1 Å². The molecule has 0 aliphatic carbocycles. The lowest BCUT2D eigenvalue weighted by molar-refractivity contribution is 0.217. The highest BCUT2D eigenvalue weighted by Gasteiger charge is 2.23. The predicted octanol–water partition coefficient (Wildman–Crippen LogP) is -0.733. The first kappa shape index (κ1) is 9.95. The molecule has 0 aromatic rings. The summed E-state index contributed by atoms with van der Waals surface area (Å²) in [5, 5.41) is 3.04. The van der Waals surface area contributed by atoms with Gasteiger partial charge in [-0.25, -0.2) is 8.42 Å². The molecule has 1 N–H and O–H groups in total. The monoisotopic (exact) mass is 193 g/mol. The smallest absolute Gasteiger partial charge is 0.152 e. The number of hydrogen-bond acceptors (Lipinski definition) is 4. The van der Waals surface area contributed by atoms with E-state index in [0.29, 0.717) is 18.3 Å². The quantitative estimate of drug-likeness (QED) is 0.625. The molecule has 0 atom stereocenters. The average molecular weight is 193 g/mol. The Labute approximate surface area is 73.2 Å². The van der Waals surface area contributed by atoms with Gasteiger partial charge in [-0.1, -0.05) is 0 Å². The van der Waals surface area contributed by atoms with Crippen LogP contribution in [0.25, 0.3) is 0 Å². The van der Waals surface area contributed by atoms with E-state index in [0.717, 1.165) is 13.1 Å². The summed E-state index contributed by atoms with van der Waals surface area (Å²) in [6.07, 6.45) is 0. The van der Waals surface area contributed by atoms with Crippen LogP contribution in [0.5, 0.6) is 0 Å². The molecule has 1 heterocycles. The first-order valence-electron chi connectivity index (χ1n) is 4.04. The molecule has 1 rings (SSSR count). The molecular weight excluding hydrogens is 178 g/mol. The molecule has 12 heavy (non-hydrogen) atoms. The number of nitrogens with one attached hydrogen (secondary N) is 1. The van der Waals surface area contributed by atoms with Crippen molar-refractivity contribution in [3.63, 3.8) is 0 Å². The minimum Gasteiger partial charge on any atom is -0.384 e. The van der Waals surface area contributed by atoms with Crippen molar-refractivity contribution in [1.82, 2.24) is 5.32 Å². The van der Waals surface area contributed by atoms with Crippen LogP contribution < -0.4 is 5.32 Å². The molecule has 0 aromatic heterocycles. The van der Waals surface area contributed by atoms with Crippen LogP contribution in [-0.4, -0.2) is 46.7 Å². The number of sulfone groups is 1. The minimum absolute atomic E-state index is 0.153. The molecule has 4 nitrogen and oxygen atoms in total. The largest absolute Gasteiger partial charge is 0.384 e. The van der Waals surface area contributed by atoms with Crippen LogP contribution in [0.2, 0.25) is 0 Å². The van der Waals surface area contributed by atoms with Crippen molar-refractivity contribution in [2.75, 3.05) is 38.3 Å². The molecule has 0 radical (unpaired) electrons. The second-order valence-corrected chi connectivity index (χ2v) is 5.36. The fraction of sp³-hybridized carbons (Fsp3) is 1.00. The molecule has 0 amide bonds. The highest BCUT2D eigenvalue weighted by molar-refractivity contribution is 7.91. The van der Waals surface area contributed by atoms with Crippen LogP contribution in [-0.2, 0) is 14.6 Å². The van der Waals surface area contributed by atoms with Gasteiger partial charge in [-0.05, 0) is 5.92 Å². The Morgan fingerprint density at radius 1 is 1.50 bits per heavy atom. The van der Waals surface area contributed by atoms with E-state index >= 15 is 0 Å². The second kappa shape index (κ2) is 4.20. The maximum atomic E-state index is 11.3. The molecule has 72 valence electrons. The van der Waals surface area contributed by atoms with Gasteiger partial charge in [-0.15, -0.1) is 0 Å². The molecule has 0 unspecified atom stereocenters. The third-order valence-corrected chi connectivity index (χ3v) is 3.72. The van der Waals surface area contributed by atoms with Crippen molar-refractivity contribution in [3.05, 3.63) is 0 Å². The van der Waals surface area contributed by atoms with Crippen molar-refractivity contribution in [2.45, 2.75) is 0 Å². The van der Waals surface area contributed by atoms with Crippen LogP contribution in [0.15, 0.2) is 0 Å². The first-order chi connectivity index (χ1) is 5.64. The second-order valence-electron chi connectivity index (χ2n) is 3.13. The fourth-order valence-corrected chi connectivity index (χ4v) is 2.66. The zero-order valence-corrected chi connectivity index (χ0v) is 8.06. The maximum Gasteiger partial charge on any atom is 0.152 e. The molecule has 0 aromatic carbocycles. The van der Waals surface area contributed by atoms with E-state index in [1.807, 2.05) is 0 Å². The fourth-order valence-electron chi connectivity index (χ4n) is 1.12. The van der Waals surface area contributed by atoms with Crippen molar-refractivity contribution >= 4 is 9.84 Å². The van der Waals surface area contributed by atoms with E-state index in [1.165, 1.54) is 7.11 Å². The van der Waals surface area contributed by atoms with Gasteiger partial charge in [0.15, 0.2) is 9.84 Å². The lowest BCUT2D eigenvalue weighted by atomic mass is 10.1. The summed E-state index contributed by atoms with van der Waals surface area (Å²) in [7, 11) is -1.35. The summed E-state index contributed by atoms with van der Waals surface area (Å²) in [5.74, 6) is 0.787. The van der Waals surface area contributed by atoms with Gasteiger partial charge in [0.25, 0.3) is 0 Å². The zero-order valence-electron chi connectivity index (χ0n) is 7.25. The summed E-state index contributed by atoms with van der Waals surface area (Å²) in [6, 6.07) is 0. The summed E-state index contributed by atoms with van der Waals surface area (Å²) in [5.41, 5.74) is 0. The van der Waals surface area contributed by atoms with Gasteiger partial charge in [-0.3, -0.25) is 0 Å². The highest BCUT2D eigenvalue weighted by Crippen LogP contribution is 2.07. The van der Waals surface area contributed by atoms with Gasteiger partial charge >= 0.3 is 0 Å². The van der Waals surface area contributed by atoms with E-state index in [1.54, 1.807) is 0 Å². The van der Waals surface area contributed by atoms with E-state index in [-0.39, 0.29) is 5.75 Å². The molecule has 1 fully saturated rings. The standard InChI is InChI=1S/C7H15NO3S/c1-11-2-3-12(9,10)6-7-4-8-5-7/h7-8H,2-6H2,1H3. The van der Waals surface area contributed by atoms with Crippen molar-refractivity contribution in [1.29, 1.82) is 0 Å². The van der Waals surface area contributed by atoms with Crippen LogP contribution in [0.3, 0.4) is 0 Å². The molecule has 1 aliphatic rings. The Balaban J connectivity index is 2.27. The van der Waals surface area contributed by atoms with Crippen LogP contribution >= 0.6 is 0 Å². The van der Waals surface area contributed by atoms with Gasteiger partial charge in [0.05, 0.1) is 18.1 Å². The lowest BCUT2D eigenvalue weighted by Crippen LogP contribution is -2.46. The summed E-state index contributed by atoms with van der Waals surface area (Å²) in [6.45, 7) is 1.99. The van der Waals surface area contributed by atoms with Crippen molar-refractivity contribution in [2.24, 2.45) is 5.92 Å². The topological polar surface area (TPSA) is 55.4 Å². The van der Waals surface area contributed by atoms with Crippen molar-refractivity contribution < 1.29 is 13.2 Å². The first-order valence-corrected chi connectivity index (χ1v) is 5.86. The Kier molecular flexibility index (Phi) is 3.49. The minimum atomic E-state index is -2.87. The highest BCUT2D eigenvalue weighted by atomic mass is 32.2. The van der Waals surface area contributed by atoms with E-state index in [2.05, 4.69) is 5.32 Å². The number of hydrogen-bond donors (Lipinski definition) is 1. The van der Waals surface area contributed by atoms with Crippen LogP contribution in [0, 0.1) is 5.92 Å². The zero-order chi connectivity index (χ0) is 9.03. The van der Waals surface area contributed by atoms with E-state index < -0.39 is 9.84 Å². The molecule has 5 heteroatoms. The van der Waals surface area contributed by atoms with Gasteiger partial charge in [0.1, 0.15) is 0 Å². The average Bonchev–Trinajstić information content (AvgIpc) is 1.94. The Morgan fingerprint density at radius 2 is 2.17 bits per heavy atom. The molecule has 0 saturated carbocycles. The summed E-state index contributed by atoms with van der Waals surface area (Å²) in [4.78, 5) is 0. The Bertz CT molecular complexity index is 221. The Morgan fingerprint density at radius 3 is 2.58 bits per heavy atom. The molecular formula is C7H15NO3S.